The van der Waals surface area contributed by atoms with Crippen LogP contribution in [0, 0.1) is 0 Å². The topological polar surface area (TPSA) is 121 Å². The molecule has 0 spiro atoms. The second-order valence-electron chi connectivity index (χ2n) is 7.58. The zero-order valence-corrected chi connectivity index (χ0v) is 16.6. The highest BCUT2D eigenvalue weighted by Crippen LogP contribution is 2.29. The lowest BCUT2D eigenvalue weighted by atomic mass is 10.0. The molecule has 1 heterocycles. The van der Waals surface area contributed by atoms with Gasteiger partial charge in [0.2, 0.25) is 0 Å². The number of carboxylic acid groups (broad SMARTS) is 1. The third-order valence-electron chi connectivity index (χ3n) is 4.00. The summed E-state index contributed by atoms with van der Waals surface area (Å²) in [4.78, 5) is 27.2. The SMILES string of the molecule is CC(NC(=O)OC(C)(C)C)c1cc(O)c2cccc(CCCNC(=O)O)c2n1. The minimum absolute atomic E-state index is 0.0725. The molecule has 0 aliphatic carbocycles. The van der Waals surface area contributed by atoms with Gasteiger partial charge >= 0.3 is 12.2 Å². The number of benzene rings is 1. The van der Waals surface area contributed by atoms with Gasteiger partial charge in [0, 0.05) is 18.0 Å². The van der Waals surface area contributed by atoms with E-state index in [1.807, 2.05) is 12.1 Å². The number of nitrogens with one attached hydrogen (secondary N) is 2. The molecule has 0 bridgehead atoms. The van der Waals surface area contributed by atoms with Gasteiger partial charge in [-0.3, -0.25) is 4.98 Å². The number of carbonyl (C=O) groups excluding carboxylic acids is 1. The standard InChI is InChI=1S/C20H27N3O5/c1-12(22-19(27)28-20(2,3)4)15-11-16(24)14-9-5-7-13(17(14)23-15)8-6-10-21-18(25)26/h5,7,9,11-12,21H,6,8,10H2,1-4H3,(H,22,27)(H,23,24)(H,25,26). The largest absolute Gasteiger partial charge is 0.507 e. The van der Waals surface area contributed by atoms with Crippen LogP contribution in [0.25, 0.3) is 10.9 Å². The van der Waals surface area contributed by atoms with Crippen LogP contribution in [0.2, 0.25) is 0 Å². The maximum atomic E-state index is 12.0. The van der Waals surface area contributed by atoms with E-state index in [4.69, 9.17) is 9.84 Å². The Bertz CT molecular complexity index is 861. The Morgan fingerprint density at radius 2 is 2.00 bits per heavy atom. The van der Waals surface area contributed by atoms with Crippen LogP contribution >= 0.6 is 0 Å². The number of pyridine rings is 1. The normalized spacial score (nSPS) is 12.4. The number of rotatable bonds is 6. The molecule has 1 aromatic heterocycles. The van der Waals surface area contributed by atoms with E-state index in [0.717, 1.165) is 5.56 Å². The van der Waals surface area contributed by atoms with Gasteiger partial charge in [0.1, 0.15) is 11.4 Å². The van der Waals surface area contributed by atoms with Crippen molar-refractivity contribution in [2.75, 3.05) is 6.54 Å². The highest BCUT2D eigenvalue weighted by atomic mass is 16.6. The Morgan fingerprint density at radius 3 is 2.64 bits per heavy atom. The zero-order valence-electron chi connectivity index (χ0n) is 16.6. The first-order valence-corrected chi connectivity index (χ1v) is 9.14. The van der Waals surface area contributed by atoms with Crippen LogP contribution in [0.3, 0.4) is 0 Å². The monoisotopic (exact) mass is 389 g/mol. The highest BCUT2D eigenvalue weighted by Gasteiger charge is 2.20. The molecule has 1 atom stereocenters. The summed E-state index contributed by atoms with van der Waals surface area (Å²) in [6.45, 7) is 7.43. The fraction of sp³-hybridized carbons (Fsp3) is 0.450. The number of carbonyl (C=O) groups is 2. The Morgan fingerprint density at radius 1 is 1.29 bits per heavy atom. The summed E-state index contributed by atoms with van der Waals surface area (Å²) in [7, 11) is 0. The summed E-state index contributed by atoms with van der Waals surface area (Å²) in [6.07, 6.45) is -0.419. The van der Waals surface area contributed by atoms with Crippen LogP contribution in [0.15, 0.2) is 24.3 Å². The third-order valence-corrected chi connectivity index (χ3v) is 4.00. The number of hydrogen-bond acceptors (Lipinski definition) is 5. The minimum atomic E-state index is -1.06. The smallest absolute Gasteiger partial charge is 0.408 e. The summed E-state index contributed by atoms with van der Waals surface area (Å²) < 4.78 is 5.26. The van der Waals surface area contributed by atoms with Crippen LogP contribution < -0.4 is 10.6 Å². The van der Waals surface area contributed by atoms with E-state index < -0.39 is 23.8 Å². The molecule has 2 amide bonds. The average Bonchev–Trinajstić information content (AvgIpc) is 2.56. The fourth-order valence-electron chi connectivity index (χ4n) is 2.77. The van der Waals surface area contributed by atoms with Crippen LogP contribution in [-0.4, -0.2) is 39.5 Å². The number of para-hydroxylation sites is 1. The van der Waals surface area contributed by atoms with Crippen molar-refractivity contribution in [3.63, 3.8) is 0 Å². The molecule has 0 saturated heterocycles. The Labute approximate surface area is 163 Å². The van der Waals surface area contributed by atoms with Gasteiger partial charge in [0.05, 0.1) is 17.3 Å². The lowest BCUT2D eigenvalue weighted by Gasteiger charge is -2.22. The van der Waals surface area contributed by atoms with E-state index in [0.29, 0.717) is 36.0 Å². The van der Waals surface area contributed by atoms with Gasteiger partial charge in [-0.05, 0) is 52.2 Å². The molecule has 1 aromatic carbocycles. The third kappa shape index (κ3) is 6.00. The molecule has 152 valence electrons. The van der Waals surface area contributed by atoms with Crippen LogP contribution in [-0.2, 0) is 11.2 Å². The molecule has 8 nitrogen and oxygen atoms in total. The zero-order chi connectivity index (χ0) is 20.9. The number of fused-ring (bicyclic) bond motifs is 1. The Kier molecular flexibility index (Phi) is 6.66. The van der Waals surface area contributed by atoms with E-state index in [9.17, 15) is 14.7 Å². The molecule has 0 aliphatic rings. The van der Waals surface area contributed by atoms with E-state index >= 15 is 0 Å². The lowest BCUT2D eigenvalue weighted by Crippen LogP contribution is -2.34. The van der Waals surface area contributed by atoms with Crippen molar-refractivity contribution in [3.05, 3.63) is 35.5 Å². The summed E-state index contributed by atoms with van der Waals surface area (Å²) >= 11 is 0. The molecule has 28 heavy (non-hydrogen) atoms. The molecule has 0 fully saturated rings. The van der Waals surface area contributed by atoms with Gasteiger partial charge in [-0.1, -0.05) is 12.1 Å². The molecular formula is C20H27N3O5. The molecule has 4 N–H and O–H groups in total. The number of nitrogens with zero attached hydrogens (tertiary/aromatic N) is 1. The maximum Gasteiger partial charge on any atom is 0.408 e. The van der Waals surface area contributed by atoms with Crippen molar-refractivity contribution < 1.29 is 24.5 Å². The quantitative estimate of drug-likeness (QED) is 0.559. The van der Waals surface area contributed by atoms with Crippen molar-refractivity contribution in [2.24, 2.45) is 0 Å². The summed E-state index contributed by atoms with van der Waals surface area (Å²) in [5.41, 5.74) is 1.42. The second kappa shape index (κ2) is 8.77. The molecule has 0 aliphatic heterocycles. The van der Waals surface area contributed by atoms with Crippen LogP contribution in [0.4, 0.5) is 9.59 Å². The van der Waals surface area contributed by atoms with Crippen molar-refractivity contribution in [3.8, 4) is 5.75 Å². The van der Waals surface area contributed by atoms with E-state index in [-0.39, 0.29) is 5.75 Å². The summed E-state index contributed by atoms with van der Waals surface area (Å²) in [5, 5.41) is 24.7. The summed E-state index contributed by atoms with van der Waals surface area (Å²) in [6, 6.07) is 6.55. The molecule has 0 radical (unpaired) electrons. The first-order valence-electron chi connectivity index (χ1n) is 9.14. The first kappa shape index (κ1) is 21.3. The Hall–Kier alpha value is -3.03. The lowest BCUT2D eigenvalue weighted by molar-refractivity contribution is 0.0506. The number of aromatic hydroxyl groups is 1. The van der Waals surface area contributed by atoms with Gasteiger partial charge in [0.25, 0.3) is 0 Å². The average molecular weight is 389 g/mol. The van der Waals surface area contributed by atoms with Gasteiger partial charge in [0.15, 0.2) is 0 Å². The number of alkyl carbamates (subject to hydrolysis) is 1. The van der Waals surface area contributed by atoms with E-state index in [1.54, 1.807) is 33.8 Å². The molecule has 8 heteroatoms. The fourth-order valence-corrected chi connectivity index (χ4v) is 2.77. The van der Waals surface area contributed by atoms with Crippen molar-refractivity contribution in [1.82, 2.24) is 15.6 Å². The minimum Gasteiger partial charge on any atom is -0.507 e. The van der Waals surface area contributed by atoms with Gasteiger partial charge in [-0.15, -0.1) is 0 Å². The van der Waals surface area contributed by atoms with Gasteiger partial charge < -0.3 is 25.6 Å². The van der Waals surface area contributed by atoms with Gasteiger partial charge in [-0.25, -0.2) is 9.59 Å². The summed E-state index contributed by atoms with van der Waals surface area (Å²) in [5.74, 6) is 0.0725. The number of hydrogen-bond donors (Lipinski definition) is 4. The van der Waals surface area contributed by atoms with E-state index in [2.05, 4.69) is 15.6 Å². The predicted molar refractivity (Wildman–Crippen MR) is 106 cm³/mol. The maximum absolute atomic E-state index is 12.0. The molecular weight excluding hydrogens is 362 g/mol. The van der Waals surface area contributed by atoms with Crippen LogP contribution in [0.1, 0.15) is 51.4 Å². The van der Waals surface area contributed by atoms with Gasteiger partial charge in [-0.2, -0.15) is 0 Å². The van der Waals surface area contributed by atoms with Crippen molar-refractivity contribution in [1.29, 1.82) is 0 Å². The van der Waals surface area contributed by atoms with E-state index in [1.165, 1.54) is 6.07 Å². The number of aryl methyl sites for hydroxylation is 1. The predicted octanol–water partition coefficient (Wildman–Crippen LogP) is 3.73. The van der Waals surface area contributed by atoms with Crippen LogP contribution in [0.5, 0.6) is 5.75 Å². The molecule has 2 rings (SSSR count). The highest BCUT2D eigenvalue weighted by molar-refractivity contribution is 5.87. The number of amides is 2. The number of ether oxygens (including phenoxy) is 1. The molecule has 1 unspecified atom stereocenters. The molecule has 2 aromatic rings. The first-order chi connectivity index (χ1) is 13.1. The molecule has 0 saturated carbocycles. The second-order valence-corrected chi connectivity index (χ2v) is 7.58. The van der Waals surface area contributed by atoms with Crippen molar-refractivity contribution >= 4 is 23.1 Å². The number of aromatic nitrogens is 1. The Balaban J connectivity index is 2.22. The van der Waals surface area contributed by atoms with Crippen molar-refractivity contribution in [2.45, 2.75) is 52.2 Å².